The Labute approximate surface area is 122 Å². The van der Waals surface area contributed by atoms with Crippen molar-refractivity contribution < 1.29 is 8.42 Å². The van der Waals surface area contributed by atoms with Gasteiger partial charge in [0.05, 0.1) is 11.5 Å². The molecule has 0 N–H and O–H groups in total. The van der Waals surface area contributed by atoms with E-state index >= 15 is 0 Å². The highest BCUT2D eigenvalue weighted by Gasteiger charge is 2.33. The van der Waals surface area contributed by atoms with Crippen LogP contribution in [0.3, 0.4) is 0 Å². The Morgan fingerprint density at radius 3 is 2.79 bits per heavy atom. The van der Waals surface area contributed by atoms with Crippen molar-refractivity contribution in [3.63, 3.8) is 0 Å². The Bertz CT molecular complexity index is 527. The summed E-state index contributed by atoms with van der Waals surface area (Å²) in [7, 11) is -2.82. The molecule has 0 spiro atoms. The Morgan fingerprint density at radius 1 is 1.53 bits per heavy atom. The van der Waals surface area contributed by atoms with Crippen LogP contribution in [0.2, 0.25) is 0 Å². The van der Waals surface area contributed by atoms with Crippen molar-refractivity contribution in [3.8, 4) is 0 Å². The molecule has 0 aromatic carbocycles. The molecule has 2 rings (SSSR count). The summed E-state index contributed by atoms with van der Waals surface area (Å²) in [5, 5.41) is 5.03. The topological polar surface area (TPSA) is 64.8 Å². The average Bonchev–Trinajstić information content (AvgIpc) is 2.92. The first kappa shape index (κ1) is 15.0. The molecule has 1 aliphatic heterocycles. The molecule has 19 heavy (non-hydrogen) atoms. The fourth-order valence-electron chi connectivity index (χ4n) is 2.63. The van der Waals surface area contributed by atoms with Crippen molar-refractivity contribution in [2.75, 3.05) is 16.8 Å². The minimum absolute atomic E-state index is 0.238. The van der Waals surface area contributed by atoms with Gasteiger partial charge in [0.1, 0.15) is 12.2 Å². The number of hydrogen-bond donors (Lipinski definition) is 0. The zero-order valence-electron chi connectivity index (χ0n) is 11.3. The molecular formula is C12H20BrN3O2S. The van der Waals surface area contributed by atoms with Gasteiger partial charge in [-0.15, -0.1) is 0 Å². The third-order valence-corrected chi connectivity index (χ3v) is 6.34. The molecule has 1 aromatic rings. The second kappa shape index (κ2) is 5.91. The highest BCUT2D eigenvalue weighted by molar-refractivity contribution is 9.09. The van der Waals surface area contributed by atoms with Crippen LogP contribution in [0.4, 0.5) is 0 Å². The molecule has 5 nitrogen and oxygen atoms in total. The zero-order chi connectivity index (χ0) is 14.0. The van der Waals surface area contributed by atoms with Crippen LogP contribution in [-0.2, 0) is 16.3 Å². The maximum atomic E-state index is 11.6. The minimum Gasteiger partial charge on any atom is -0.248 e. The molecule has 0 bridgehead atoms. The molecule has 1 aromatic heterocycles. The SMILES string of the molecule is CC(C)n1ncnc1CC(CBr)C1CCS(=O)(=O)C1. The van der Waals surface area contributed by atoms with Crippen LogP contribution >= 0.6 is 15.9 Å². The molecule has 0 aliphatic carbocycles. The minimum atomic E-state index is -2.82. The zero-order valence-corrected chi connectivity index (χ0v) is 13.7. The van der Waals surface area contributed by atoms with E-state index in [0.29, 0.717) is 17.4 Å². The fourth-order valence-corrected chi connectivity index (χ4v) is 5.31. The number of halogens is 1. The number of sulfone groups is 1. The van der Waals surface area contributed by atoms with Crippen molar-refractivity contribution in [2.45, 2.75) is 32.7 Å². The maximum absolute atomic E-state index is 11.6. The van der Waals surface area contributed by atoms with Crippen LogP contribution in [0.5, 0.6) is 0 Å². The standard InChI is InChI=1S/C12H20BrN3O2S/c1-9(2)16-12(14-8-15-16)5-11(6-13)10-3-4-19(17,18)7-10/h8-11H,3-7H2,1-2H3. The molecule has 0 amide bonds. The highest BCUT2D eigenvalue weighted by Crippen LogP contribution is 2.29. The summed E-state index contributed by atoms with van der Waals surface area (Å²) >= 11 is 3.52. The van der Waals surface area contributed by atoms with Crippen molar-refractivity contribution in [2.24, 2.45) is 11.8 Å². The molecule has 108 valence electrons. The van der Waals surface area contributed by atoms with Gasteiger partial charge < -0.3 is 0 Å². The number of hydrogen-bond acceptors (Lipinski definition) is 4. The monoisotopic (exact) mass is 349 g/mol. The lowest BCUT2D eigenvalue weighted by Crippen LogP contribution is -2.22. The van der Waals surface area contributed by atoms with Crippen LogP contribution in [0.1, 0.15) is 32.1 Å². The first-order valence-corrected chi connectivity index (χ1v) is 9.52. The maximum Gasteiger partial charge on any atom is 0.150 e. The average molecular weight is 350 g/mol. The van der Waals surface area contributed by atoms with Gasteiger partial charge in [-0.2, -0.15) is 5.10 Å². The van der Waals surface area contributed by atoms with E-state index in [1.54, 1.807) is 6.33 Å². The second-order valence-electron chi connectivity index (χ2n) is 5.50. The Kier molecular flexibility index (Phi) is 4.66. The molecule has 1 aliphatic rings. The van der Waals surface area contributed by atoms with Gasteiger partial charge in [0.25, 0.3) is 0 Å². The fraction of sp³-hybridized carbons (Fsp3) is 0.833. The molecular weight excluding hydrogens is 330 g/mol. The van der Waals surface area contributed by atoms with Crippen LogP contribution < -0.4 is 0 Å². The predicted molar refractivity (Wildman–Crippen MR) is 78.2 cm³/mol. The van der Waals surface area contributed by atoms with E-state index < -0.39 is 9.84 Å². The Balaban J connectivity index is 2.09. The van der Waals surface area contributed by atoms with Crippen LogP contribution in [-0.4, -0.2) is 40.0 Å². The molecule has 2 unspecified atom stereocenters. The lowest BCUT2D eigenvalue weighted by molar-refractivity contribution is 0.379. The molecule has 2 atom stereocenters. The van der Waals surface area contributed by atoms with E-state index in [1.807, 2.05) is 4.68 Å². The summed E-state index contributed by atoms with van der Waals surface area (Å²) in [6, 6.07) is 0.279. The summed E-state index contributed by atoms with van der Waals surface area (Å²) < 4.78 is 25.1. The van der Waals surface area contributed by atoms with Gasteiger partial charge in [0, 0.05) is 17.8 Å². The van der Waals surface area contributed by atoms with E-state index in [-0.39, 0.29) is 12.0 Å². The first-order valence-electron chi connectivity index (χ1n) is 6.57. The summed E-state index contributed by atoms with van der Waals surface area (Å²) in [6.07, 6.45) is 3.13. The van der Waals surface area contributed by atoms with Gasteiger partial charge >= 0.3 is 0 Å². The number of alkyl halides is 1. The van der Waals surface area contributed by atoms with E-state index in [9.17, 15) is 8.42 Å². The van der Waals surface area contributed by atoms with Gasteiger partial charge in [-0.3, -0.25) is 0 Å². The van der Waals surface area contributed by atoms with Gasteiger partial charge in [-0.1, -0.05) is 15.9 Å². The summed E-state index contributed by atoms with van der Waals surface area (Å²) in [4.78, 5) is 4.31. The van der Waals surface area contributed by atoms with Gasteiger partial charge in [-0.25, -0.2) is 18.1 Å². The number of rotatable bonds is 5. The molecule has 0 saturated carbocycles. The number of nitrogens with zero attached hydrogens (tertiary/aromatic N) is 3. The van der Waals surface area contributed by atoms with Crippen molar-refractivity contribution >= 4 is 25.8 Å². The normalized spacial score (nSPS) is 23.9. The summed E-state index contributed by atoms with van der Waals surface area (Å²) in [5.74, 6) is 2.14. The highest BCUT2D eigenvalue weighted by atomic mass is 79.9. The third-order valence-electron chi connectivity index (χ3n) is 3.71. The number of aromatic nitrogens is 3. The van der Waals surface area contributed by atoms with Crippen molar-refractivity contribution in [3.05, 3.63) is 12.2 Å². The lowest BCUT2D eigenvalue weighted by atomic mass is 9.90. The van der Waals surface area contributed by atoms with E-state index in [4.69, 9.17) is 0 Å². The van der Waals surface area contributed by atoms with E-state index in [1.165, 1.54) is 0 Å². The Morgan fingerprint density at radius 2 is 2.26 bits per heavy atom. The smallest absolute Gasteiger partial charge is 0.150 e. The van der Waals surface area contributed by atoms with Gasteiger partial charge in [0.15, 0.2) is 9.84 Å². The molecule has 1 saturated heterocycles. The summed E-state index contributed by atoms with van der Waals surface area (Å²) in [5.41, 5.74) is 0. The first-order chi connectivity index (χ1) is 8.93. The van der Waals surface area contributed by atoms with Gasteiger partial charge in [-0.05, 0) is 32.1 Å². The molecule has 2 heterocycles. The summed E-state index contributed by atoms with van der Waals surface area (Å²) in [6.45, 7) is 4.14. The van der Waals surface area contributed by atoms with E-state index in [2.05, 4.69) is 39.9 Å². The third kappa shape index (κ3) is 3.56. The molecule has 0 radical (unpaired) electrons. The van der Waals surface area contributed by atoms with Gasteiger partial charge in [0.2, 0.25) is 0 Å². The van der Waals surface area contributed by atoms with E-state index in [0.717, 1.165) is 24.0 Å². The second-order valence-corrected chi connectivity index (χ2v) is 8.37. The van der Waals surface area contributed by atoms with Crippen LogP contribution in [0.15, 0.2) is 6.33 Å². The van der Waals surface area contributed by atoms with Crippen molar-refractivity contribution in [1.82, 2.24) is 14.8 Å². The molecule has 7 heteroatoms. The van der Waals surface area contributed by atoms with Crippen LogP contribution in [0, 0.1) is 11.8 Å². The largest absolute Gasteiger partial charge is 0.248 e. The quantitative estimate of drug-likeness (QED) is 0.761. The lowest BCUT2D eigenvalue weighted by Gasteiger charge is -2.20. The predicted octanol–water partition coefficient (Wildman–Crippen LogP) is 1.85. The van der Waals surface area contributed by atoms with Crippen LogP contribution in [0.25, 0.3) is 0 Å². The Hall–Kier alpha value is -0.430. The molecule has 1 fully saturated rings. The van der Waals surface area contributed by atoms with Crippen molar-refractivity contribution in [1.29, 1.82) is 0 Å².